The number of hydrogen-bond acceptors (Lipinski definition) is 4. The van der Waals surface area contributed by atoms with Gasteiger partial charge in [-0.2, -0.15) is 4.31 Å². The lowest BCUT2D eigenvalue weighted by atomic mass is 10.3. The van der Waals surface area contributed by atoms with Crippen molar-refractivity contribution < 1.29 is 27.5 Å². The number of benzene rings is 1. The van der Waals surface area contributed by atoms with Crippen LogP contribution in [0.2, 0.25) is 5.02 Å². The number of carboxylic acid groups (broad SMARTS) is 1. The van der Waals surface area contributed by atoms with Crippen molar-refractivity contribution in [2.75, 3.05) is 13.1 Å². The van der Waals surface area contributed by atoms with Gasteiger partial charge in [0.2, 0.25) is 15.9 Å². The van der Waals surface area contributed by atoms with E-state index >= 15 is 0 Å². The number of amides is 1. The first-order valence-corrected chi connectivity index (χ1v) is 6.91. The first-order valence-electron chi connectivity index (χ1n) is 5.10. The first kappa shape index (κ1) is 16.3. The van der Waals surface area contributed by atoms with Crippen LogP contribution in [-0.2, 0) is 19.6 Å². The summed E-state index contributed by atoms with van der Waals surface area (Å²) in [6.45, 7) is -1.90. The van der Waals surface area contributed by atoms with Crippen LogP contribution in [0.3, 0.4) is 0 Å². The number of aliphatic carboxylic acids is 1. The lowest BCUT2D eigenvalue weighted by Gasteiger charge is -2.19. The molecule has 0 bridgehead atoms. The fraction of sp³-hybridized carbons (Fsp3) is 0.200. The molecule has 0 saturated heterocycles. The second-order valence-corrected chi connectivity index (χ2v) is 6.05. The largest absolute Gasteiger partial charge is 0.480 e. The van der Waals surface area contributed by atoms with Gasteiger partial charge >= 0.3 is 5.97 Å². The zero-order valence-corrected chi connectivity index (χ0v) is 11.5. The topological polar surface area (TPSA) is 118 Å². The molecule has 0 saturated carbocycles. The van der Waals surface area contributed by atoms with Crippen LogP contribution < -0.4 is 5.73 Å². The summed E-state index contributed by atoms with van der Waals surface area (Å²) in [5.41, 5.74) is 4.85. The van der Waals surface area contributed by atoms with Crippen LogP contribution in [0.15, 0.2) is 23.1 Å². The first-order chi connectivity index (χ1) is 9.14. The van der Waals surface area contributed by atoms with E-state index in [0.717, 1.165) is 18.2 Å². The Morgan fingerprint density at radius 2 is 1.95 bits per heavy atom. The molecule has 0 spiro atoms. The molecule has 0 radical (unpaired) electrons. The number of nitrogens with two attached hydrogens (primary N) is 1. The average Bonchev–Trinajstić information content (AvgIpc) is 2.26. The van der Waals surface area contributed by atoms with Crippen molar-refractivity contribution in [2.24, 2.45) is 5.73 Å². The minimum absolute atomic E-state index is 0.0267. The number of sulfonamides is 1. The third-order valence-corrected chi connectivity index (χ3v) is 4.22. The molecule has 0 heterocycles. The molecular weight excluding hydrogens is 315 g/mol. The predicted octanol–water partition coefficient (Wildman–Crippen LogP) is 0.0397. The molecule has 7 nitrogen and oxygen atoms in total. The Balaban J connectivity index is 3.28. The Labute approximate surface area is 118 Å². The SMILES string of the molecule is NC(=O)CN(CC(=O)O)S(=O)(=O)c1ccc(Cl)cc1F. The van der Waals surface area contributed by atoms with Gasteiger partial charge in [0.1, 0.15) is 17.3 Å². The van der Waals surface area contributed by atoms with Gasteiger partial charge in [0.25, 0.3) is 0 Å². The van der Waals surface area contributed by atoms with Crippen molar-refractivity contribution >= 4 is 33.5 Å². The number of rotatable bonds is 6. The monoisotopic (exact) mass is 324 g/mol. The molecule has 110 valence electrons. The zero-order chi connectivity index (χ0) is 15.5. The summed E-state index contributed by atoms with van der Waals surface area (Å²) in [7, 11) is -4.52. The molecule has 0 aliphatic heterocycles. The predicted molar refractivity (Wildman–Crippen MR) is 67.0 cm³/mol. The molecular formula is C10H10ClFN2O5S. The van der Waals surface area contributed by atoms with Gasteiger partial charge in [0, 0.05) is 5.02 Å². The molecule has 20 heavy (non-hydrogen) atoms. The number of carboxylic acids is 1. The van der Waals surface area contributed by atoms with Gasteiger partial charge in [-0.15, -0.1) is 0 Å². The summed E-state index contributed by atoms with van der Waals surface area (Å²) < 4.78 is 38.1. The number of primary amides is 1. The second kappa shape index (κ2) is 6.16. The van der Waals surface area contributed by atoms with Gasteiger partial charge in [-0.05, 0) is 18.2 Å². The third kappa shape index (κ3) is 3.89. The van der Waals surface area contributed by atoms with Crippen LogP contribution in [0.4, 0.5) is 4.39 Å². The molecule has 1 rings (SSSR count). The summed E-state index contributed by atoms with van der Waals surface area (Å²) in [6.07, 6.45) is 0. The van der Waals surface area contributed by atoms with Crippen molar-refractivity contribution in [3.63, 3.8) is 0 Å². The fourth-order valence-corrected chi connectivity index (χ4v) is 2.93. The van der Waals surface area contributed by atoms with Crippen molar-refractivity contribution in [3.8, 4) is 0 Å². The number of hydrogen-bond donors (Lipinski definition) is 2. The van der Waals surface area contributed by atoms with Gasteiger partial charge in [0.05, 0.1) is 6.54 Å². The molecule has 0 aliphatic carbocycles. The van der Waals surface area contributed by atoms with E-state index in [0.29, 0.717) is 0 Å². The van der Waals surface area contributed by atoms with Crippen LogP contribution in [-0.4, -0.2) is 42.8 Å². The van der Waals surface area contributed by atoms with E-state index in [-0.39, 0.29) is 9.33 Å². The smallest absolute Gasteiger partial charge is 0.318 e. The molecule has 0 aliphatic rings. The summed E-state index contributed by atoms with van der Waals surface area (Å²) in [5, 5.41) is 8.62. The van der Waals surface area contributed by atoms with Gasteiger partial charge in [-0.25, -0.2) is 12.8 Å². The molecule has 0 atom stereocenters. The minimum Gasteiger partial charge on any atom is -0.480 e. The lowest BCUT2D eigenvalue weighted by molar-refractivity contribution is -0.137. The molecule has 0 unspecified atom stereocenters. The maximum atomic E-state index is 13.6. The standard InChI is InChI=1S/C10H10ClFN2O5S/c11-6-1-2-8(7(12)3-6)20(18,19)14(4-9(13)15)5-10(16)17/h1-3H,4-5H2,(H2,13,15)(H,16,17). The van der Waals surface area contributed by atoms with E-state index in [1.165, 1.54) is 0 Å². The van der Waals surface area contributed by atoms with E-state index in [1.807, 2.05) is 0 Å². The Kier molecular flexibility index (Phi) is 5.03. The Morgan fingerprint density at radius 1 is 1.35 bits per heavy atom. The number of carbonyl (C=O) groups excluding carboxylic acids is 1. The molecule has 0 aromatic heterocycles. The molecule has 1 aromatic rings. The van der Waals surface area contributed by atoms with Gasteiger partial charge in [-0.3, -0.25) is 9.59 Å². The summed E-state index contributed by atoms with van der Waals surface area (Å²) in [6, 6.07) is 2.77. The molecule has 3 N–H and O–H groups in total. The average molecular weight is 325 g/mol. The van der Waals surface area contributed by atoms with Crippen molar-refractivity contribution in [1.82, 2.24) is 4.31 Å². The van der Waals surface area contributed by atoms with E-state index in [2.05, 4.69) is 0 Å². The second-order valence-electron chi connectivity index (χ2n) is 3.71. The van der Waals surface area contributed by atoms with Gasteiger partial charge < -0.3 is 10.8 Å². The Hall–Kier alpha value is -1.71. The highest BCUT2D eigenvalue weighted by atomic mass is 35.5. The van der Waals surface area contributed by atoms with Crippen LogP contribution in [0.1, 0.15) is 0 Å². The van der Waals surface area contributed by atoms with Crippen LogP contribution in [0, 0.1) is 5.82 Å². The number of nitrogens with zero attached hydrogens (tertiary/aromatic N) is 1. The van der Waals surface area contributed by atoms with Crippen LogP contribution >= 0.6 is 11.6 Å². The molecule has 10 heteroatoms. The maximum Gasteiger partial charge on any atom is 0.318 e. The highest BCUT2D eigenvalue weighted by molar-refractivity contribution is 7.89. The molecule has 1 amide bonds. The van der Waals surface area contributed by atoms with Gasteiger partial charge in [0.15, 0.2) is 0 Å². The summed E-state index contributed by atoms with van der Waals surface area (Å²) in [4.78, 5) is 20.7. The number of halogens is 2. The maximum absolute atomic E-state index is 13.6. The van der Waals surface area contributed by atoms with E-state index in [1.54, 1.807) is 0 Å². The highest BCUT2D eigenvalue weighted by Crippen LogP contribution is 2.22. The highest BCUT2D eigenvalue weighted by Gasteiger charge is 2.30. The number of carbonyl (C=O) groups is 2. The lowest BCUT2D eigenvalue weighted by Crippen LogP contribution is -2.41. The van der Waals surface area contributed by atoms with E-state index < -0.39 is 45.7 Å². The van der Waals surface area contributed by atoms with Crippen LogP contribution in [0.5, 0.6) is 0 Å². The third-order valence-electron chi connectivity index (χ3n) is 2.16. The van der Waals surface area contributed by atoms with E-state index in [4.69, 9.17) is 22.4 Å². The fourth-order valence-electron chi connectivity index (χ4n) is 1.37. The van der Waals surface area contributed by atoms with Crippen molar-refractivity contribution in [1.29, 1.82) is 0 Å². The summed E-state index contributed by atoms with van der Waals surface area (Å²) in [5.74, 6) is -3.73. The quantitative estimate of drug-likeness (QED) is 0.766. The molecule has 0 fully saturated rings. The van der Waals surface area contributed by atoms with Crippen LogP contribution in [0.25, 0.3) is 0 Å². The molecule has 1 aromatic carbocycles. The van der Waals surface area contributed by atoms with Crippen molar-refractivity contribution in [2.45, 2.75) is 4.90 Å². The normalized spacial score (nSPS) is 11.6. The van der Waals surface area contributed by atoms with Gasteiger partial charge in [-0.1, -0.05) is 11.6 Å². The summed E-state index contributed by atoms with van der Waals surface area (Å²) >= 11 is 5.50. The Morgan fingerprint density at radius 3 is 2.40 bits per heavy atom. The Bertz CT molecular complexity index is 633. The minimum atomic E-state index is -4.52. The zero-order valence-electron chi connectivity index (χ0n) is 9.92. The van der Waals surface area contributed by atoms with Crippen molar-refractivity contribution in [3.05, 3.63) is 29.0 Å². The van der Waals surface area contributed by atoms with E-state index in [9.17, 15) is 22.4 Å².